The van der Waals surface area contributed by atoms with Crippen LogP contribution in [0.15, 0.2) is 54.9 Å². The maximum absolute atomic E-state index is 14.9. The molecule has 4 heterocycles. The van der Waals surface area contributed by atoms with Gasteiger partial charge in [0.05, 0.1) is 20.8 Å². The summed E-state index contributed by atoms with van der Waals surface area (Å²) in [6.07, 6.45) is 5.39. The number of pyridine rings is 2. The minimum atomic E-state index is -0.594. The van der Waals surface area contributed by atoms with Gasteiger partial charge < -0.3 is 25.0 Å². The van der Waals surface area contributed by atoms with Crippen molar-refractivity contribution in [3.8, 4) is 22.1 Å². The molecule has 1 aliphatic carbocycles. The van der Waals surface area contributed by atoms with Crippen molar-refractivity contribution in [3.63, 3.8) is 0 Å². The number of hydrogen-bond donors (Lipinski definition) is 2. The number of hydrogen-bond acceptors (Lipinski definition) is 9. The lowest BCUT2D eigenvalue weighted by Gasteiger charge is -2.34. The van der Waals surface area contributed by atoms with Gasteiger partial charge in [-0.1, -0.05) is 6.07 Å². The zero-order valence-electron chi connectivity index (χ0n) is 24.0. The van der Waals surface area contributed by atoms with Crippen LogP contribution in [0.3, 0.4) is 0 Å². The van der Waals surface area contributed by atoms with Gasteiger partial charge in [0, 0.05) is 75.9 Å². The van der Waals surface area contributed by atoms with Crippen LogP contribution in [0.25, 0.3) is 20.8 Å². The molecular formula is C31H31FN6O5S. The van der Waals surface area contributed by atoms with Crippen molar-refractivity contribution in [1.29, 1.82) is 0 Å². The molecule has 1 saturated carbocycles. The molecule has 11 nitrogen and oxygen atoms in total. The Labute approximate surface area is 257 Å². The molecule has 0 bridgehead atoms. The number of carbonyl (C=O) groups is 3. The van der Waals surface area contributed by atoms with E-state index in [1.807, 2.05) is 24.4 Å². The van der Waals surface area contributed by atoms with Gasteiger partial charge in [0.1, 0.15) is 5.75 Å². The Balaban J connectivity index is 1.07. The quantitative estimate of drug-likeness (QED) is 0.257. The first-order chi connectivity index (χ1) is 21.3. The number of urea groups is 1. The highest BCUT2D eigenvalue weighted by molar-refractivity contribution is 7.22. The van der Waals surface area contributed by atoms with Gasteiger partial charge in [-0.05, 0) is 42.7 Å². The molecule has 3 aromatic heterocycles. The summed E-state index contributed by atoms with van der Waals surface area (Å²) in [5.41, 5.74) is 2.89. The minimum absolute atomic E-state index is 0.0395. The first-order valence-electron chi connectivity index (χ1n) is 14.3. The van der Waals surface area contributed by atoms with Crippen LogP contribution in [0.1, 0.15) is 25.3 Å². The highest BCUT2D eigenvalue weighted by Crippen LogP contribution is 2.39. The predicted octanol–water partition coefficient (Wildman–Crippen LogP) is 4.78. The number of rotatable bonds is 9. The molecule has 228 valence electrons. The fraction of sp³-hybridized carbons (Fsp3) is 0.323. The third-order valence-corrected chi connectivity index (χ3v) is 8.47. The van der Waals surface area contributed by atoms with E-state index in [9.17, 15) is 18.8 Å². The minimum Gasteiger partial charge on any atom is -0.456 e. The van der Waals surface area contributed by atoms with Gasteiger partial charge in [-0.15, -0.1) is 11.3 Å². The van der Waals surface area contributed by atoms with Gasteiger partial charge in [0.15, 0.2) is 18.2 Å². The second kappa shape index (κ2) is 12.9. The largest absolute Gasteiger partial charge is 0.456 e. The lowest BCUT2D eigenvalue weighted by molar-refractivity contribution is -0.151. The van der Waals surface area contributed by atoms with Crippen LogP contribution in [-0.4, -0.2) is 76.5 Å². The number of nitrogens with zero attached hydrogens (tertiary/aromatic N) is 4. The van der Waals surface area contributed by atoms with Crippen LogP contribution in [0.4, 0.5) is 14.9 Å². The summed E-state index contributed by atoms with van der Waals surface area (Å²) >= 11 is 1.46. The van der Waals surface area contributed by atoms with Crippen LogP contribution >= 0.6 is 11.3 Å². The molecule has 13 heteroatoms. The summed E-state index contributed by atoms with van der Waals surface area (Å²) in [6, 6.07) is 11.8. The number of nitrogens with one attached hydrogen (secondary N) is 2. The molecule has 0 unspecified atom stereocenters. The summed E-state index contributed by atoms with van der Waals surface area (Å²) in [6.45, 7) is 4.36. The van der Waals surface area contributed by atoms with Crippen molar-refractivity contribution in [3.05, 3.63) is 66.2 Å². The van der Waals surface area contributed by atoms with E-state index < -0.39 is 11.8 Å². The third kappa shape index (κ3) is 7.29. The predicted molar refractivity (Wildman–Crippen MR) is 163 cm³/mol. The highest BCUT2D eigenvalue weighted by Gasteiger charge is 2.24. The molecular weight excluding hydrogens is 587 g/mol. The molecule has 2 aliphatic rings. The van der Waals surface area contributed by atoms with Crippen molar-refractivity contribution in [2.75, 3.05) is 38.1 Å². The number of piperazine rings is 1. The van der Waals surface area contributed by atoms with Gasteiger partial charge in [0.2, 0.25) is 0 Å². The normalized spacial score (nSPS) is 15.2. The van der Waals surface area contributed by atoms with E-state index in [0.717, 1.165) is 33.7 Å². The van der Waals surface area contributed by atoms with Crippen LogP contribution in [0.2, 0.25) is 0 Å². The Morgan fingerprint density at radius 1 is 1.02 bits per heavy atom. The molecule has 0 spiro atoms. The van der Waals surface area contributed by atoms with Crippen molar-refractivity contribution in [2.24, 2.45) is 0 Å². The van der Waals surface area contributed by atoms with Crippen LogP contribution in [0, 0.1) is 5.82 Å². The Morgan fingerprint density at radius 3 is 2.55 bits per heavy atom. The van der Waals surface area contributed by atoms with Gasteiger partial charge >= 0.3 is 12.0 Å². The van der Waals surface area contributed by atoms with E-state index in [4.69, 9.17) is 9.47 Å². The first kappa shape index (κ1) is 29.5. The van der Waals surface area contributed by atoms with Crippen molar-refractivity contribution in [2.45, 2.75) is 32.4 Å². The summed E-state index contributed by atoms with van der Waals surface area (Å²) in [5.74, 6) is -0.724. The number of ether oxygens (including phenoxy) is 2. The van der Waals surface area contributed by atoms with E-state index >= 15 is 0 Å². The van der Waals surface area contributed by atoms with E-state index in [-0.39, 0.29) is 30.3 Å². The smallest absolute Gasteiger partial charge is 0.319 e. The number of esters is 1. The average molecular weight is 619 g/mol. The zero-order valence-corrected chi connectivity index (χ0v) is 24.9. The van der Waals surface area contributed by atoms with E-state index in [2.05, 4.69) is 25.5 Å². The molecule has 6 rings (SSSR count). The first-order valence-corrected chi connectivity index (χ1v) is 15.1. The molecule has 3 amide bonds. The average Bonchev–Trinajstić information content (AvgIpc) is 3.71. The Hall–Kier alpha value is -4.62. The number of amides is 3. The molecule has 2 N–H and O–H groups in total. The number of carbonyl (C=O) groups excluding carboxylic acids is 3. The van der Waals surface area contributed by atoms with Gasteiger partial charge in [0.25, 0.3) is 5.91 Å². The maximum Gasteiger partial charge on any atom is 0.319 e. The molecule has 0 radical (unpaired) electrons. The zero-order chi connectivity index (χ0) is 30.6. The SMILES string of the molecule is CC(=O)OCC(=O)N1CCN(Cc2ccc(-c3cc4nccc(Oc5ccc(NC(=O)NC6CC6)cc5F)c4s3)nc2)CC1. The number of halogens is 1. The molecule has 2 fully saturated rings. The lowest BCUT2D eigenvalue weighted by atomic mass is 10.2. The van der Waals surface area contributed by atoms with Gasteiger partial charge in [-0.2, -0.15) is 0 Å². The van der Waals surface area contributed by atoms with Crippen LogP contribution in [0.5, 0.6) is 11.5 Å². The number of anilines is 1. The maximum atomic E-state index is 14.9. The van der Waals surface area contributed by atoms with Crippen molar-refractivity contribution in [1.82, 2.24) is 25.1 Å². The van der Waals surface area contributed by atoms with Gasteiger partial charge in [-0.3, -0.25) is 24.5 Å². The molecule has 1 aliphatic heterocycles. The Kier molecular flexibility index (Phi) is 8.66. The van der Waals surface area contributed by atoms with E-state index in [1.54, 1.807) is 23.2 Å². The topological polar surface area (TPSA) is 126 Å². The fourth-order valence-corrected chi connectivity index (χ4v) is 5.86. The standard InChI is InChI=1S/C31H31FN6O5S/c1-19(39)42-18-29(40)38-12-10-37(11-13-38)17-20-2-6-24(34-16-20)28-15-25-30(44-28)27(8-9-33-25)43-26-7-5-22(14-23(26)32)36-31(41)35-21-3-4-21/h2,5-9,14-16,21H,3-4,10-13,17-18H2,1H3,(H2,35,36,41). The van der Waals surface area contributed by atoms with Crippen LogP contribution in [-0.2, 0) is 20.9 Å². The highest BCUT2D eigenvalue weighted by atomic mass is 32.1. The molecule has 44 heavy (non-hydrogen) atoms. The second-order valence-electron chi connectivity index (χ2n) is 10.7. The van der Waals surface area contributed by atoms with E-state index in [1.165, 1.54) is 30.4 Å². The number of fused-ring (bicyclic) bond motifs is 1. The third-order valence-electron chi connectivity index (χ3n) is 7.31. The summed E-state index contributed by atoms with van der Waals surface area (Å²) < 4.78 is 26.4. The lowest BCUT2D eigenvalue weighted by Crippen LogP contribution is -2.49. The number of thiophene rings is 1. The molecule has 0 atom stereocenters. The number of benzene rings is 1. The summed E-state index contributed by atoms with van der Waals surface area (Å²) in [5, 5.41) is 5.45. The van der Waals surface area contributed by atoms with Gasteiger partial charge in [-0.25, -0.2) is 9.18 Å². The second-order valence-corrected chi connectivity index (χ2v) is 11.8. The summed E-state index contributed by atoms with van der Waals surface area (Å²) in [4.78, 5) is 49.1. The van der Waals surface area contributed by atoms with Crippen molar-refractivity contribution >= 4 is 45.1 Å². The fourth-order valence-electron chi connectivity index (χ4n) is 4.81. The monoisotopic (exact) mass is 618 g/mol. The Bertz CT molecular complexity index is 1680. The number of aromatic nitrogens is 2. The molecule has 4 aromatic rings. The van der Waals surface area contributed by atoms with Crippen molar-refractivity contribution < 1.29 is 28.2 Å². The van der Waals surface area contributed by atoms with Crippen LogP contribution < -0.4 is 15.4 Å². The Morgan fingerprint density at radius 2 is 1.84 bits per heavy atom. The van der Waals surface area contributed by atoms with E-state index in [0.29, 0.717) is 49.7 Å². The molecule has 1 saturated heterocycles. The molecule has 1 aromatic carbocycles. The summed E-state index contributed by atoms with van der Waals surface area (Å²) in [7, 11) is 0.